The molecule has 0 saturated carbocycles. The largest absolute Gasteiger partial charge is 0.573 e. The molecule has 0 radical (unpaired) electrons. The van der Waals surface area contributed by atoms with Gasteiger partial charge >= 0.3 is 12.3 Å². The van der Waals surface area contributed by atoms with Gasteiger partial charge < -0.3 is 9.47 Å². The molecule has 3 nitrogen and oxygen atoms in total. The summed E-state index contributed by atoms with van der Waals surface area (Å²) in [6.07, 6.45) is -1.39. The fourth-order valence-corrected chi connectivity index (χ4v) is 1.10. The van der Waals surface area contributed by atoms with Crippen molar-refractivity contribution < 1.29 is 27.4 Å². The smallest absolute Gasteiger partial charge is 0.458 e. The van der Waals surface area contributed by atoms with Crippen LogP contribution in [0.2, 0.25) is 0 Å². The van der Waals surface area contributed by atoms with E-state index in [2.05, 4.69) is 4.74 Å². The van der Waals surface area contributed by atoms with Crippen LogP contribution in [0.4, 0.5) is 13.2 Å². The summed E-state index contributed by atoms with van der Waals surface area (Å²) in [6, 6.07) is 4.53. The van der Waals surface area contributed by atoms with Crippen LogP contribution >= 0.6 is 0 Å². The van der Waals surface area contributed by atoms with Gasteiger partial charge in [-0.2, -0.15) is 0 Å². The SMILES string of the molecule is CC=CCOC(=O)c1ccc(OC(F)(F)F)cc1. The number of hydrogen-bond donors (Lipinski definition) is 0. The molecule has 0 amide bonds. The summed E-state index contributed by atoms with van der Waals surface area (Å²) >= 11 is 0. The van der Waals surface area contributed by atoms with Gasteiger partial charge in [-0.05, 0) is 31.2 Å². The molecule has 0 heterocycles. The van der Waals surface area contributed by atoms with E-state index in [0.29, 0.717) is 0 Å². The van der Waals surface area contributed by atoms with Gasteiger partial charge in [-0.15, -0.1) is 13.2 Å². The van der Waals surface area contributed by atoms with E-state index in [1.165, 1.54) is 12.1 Å². The lowest BCUT2D eigenvalue weighted by molar-refractivity contribution is -0.274. The maximum Gasteiger partial charge on any atom is 0.573 e. The Bertz CT molecular complexity index is 421. The highest BCUT2D eigenvalue weighted by molar-refractivity contribution is 5.89. The van der Waals surface area contributed by atoms with Gasteiger partial charge in [0, 0.05) is 0 Å². The monoisotopic (exact) mass is 260 g/mol. The van der Waals surface area contributed by atoms with Crippen molar-refractivity contribution in [2.45, 2.75) is 13.3 Å². The quantitative estimate of drug-likeness (QED) is 0.615. The average Bonchev–Trinajstić information content (AvgIpc) is 2.28. The lowest BCUT2D eigenvalue weighted by Crippen LogP contribution is -2.17. The fourth-order valence-electron chi connectivity index (χ4n) is 1.10. The third kappa shape index (κ3) is 4.90. The van der Waals surface area contributed by atoms with Crippen molar-refractivity contribution in [3.8, 4) is 5.75 Å². The molecule has 1 rings (SSSR count). The van der Waals surface area contributed by atoms with Crippen LogP contribution in [0.5, 0.6) is 5.75 Å². The summed E-state index contributed by atoms with van der Waals surface area (Å²) in [5.41, 5.74) is 0.161. The Hall–Kier alpha value is -1.98. The fraction of sp³-hybridized carbons (Fsp3) is 0.250. The van der Waals surface area contributed by atoms with E-state index < -0.39 is 12.3 Å². The minimum atomic E-state index is -4.74. The van der Waals surface area contributed by atoms with E-state index in [1.807, 2.05) is 0 Å². The first-order chi connectivity index (χ1) is 8.42. The normalized spacial score (nSPS) is 11.6. The molecule has 0 saturated heterocycles. The van der Waals surface area contributed by atoms with Crippen LogP contribution in [0.15, 0.2) is 36.4 Å². The highest BCUT2D eigenvalue weighted by atomic mass is 19.4. The summed E-state index contributed by atoms with van der Waals surface area (Å²) < 4.78 is 44.1. The van der Waals surface area contributed by atoms with Gasteiger partial charge in [-0.3, -0.25) is 0 Å². The molecule has 0 atom stereocenters. The molecule has 1 aromatic rings. The van der Waals surface area contributed by atoms with Gasteiger partial charge in [0.05, 0.1) is 5.56 Å². The van der Waals surface area contributed by atoms with Crippen molar-refractivity contribution in [1.82, 2.24) is 0 Å². The zero-order chi connectivity index (χ0) is 13.6. The Morgan fingerprint density at radius 1 is 1.28 bits per heavy atom. The topological polar surface area (TPSA) is 35.5 Å². The number of esters is 1. The van der Waals surface area contributed by atoms with Gasteiger partial charge in [0.1, 0.15) is 12.4 Å². The van der Waals surface area contributed by atoms with Gasteiger partial charge in [0.15, 0.2) is 0 Å². The molecule has 0 aliphatic heterocycles. The summed E-state index contributed by atoms with van der Waals surface area (Å²) in [6.45, 7) is 1.90. The molecule has 0 bridgehead atoms. The van der Waals surface area contributed by atoms with Crippen LogP contribution in [-0.2, 0) is 4.74 Å². The van der Waals surface area contributed by atoms with E-state index in [1.54, 1.807) is 19.1 Å². The number of ether oxygens (including phenoxy) is 2. The van der Waals surface area contributed by atoms with Crippen molar-refractivity contribution in [2.75, 3.05) is 6.61 Å². The molecule has 6 heteroatoms. The first kappa shape index (κ1) is 14.1. The summed E-state index contributed by atoms with van der Waals surface area (Å²) in [4.78, 5) is 11.4. The molecular weight excluding hydrogens is 249 g/mol. The van der Waals surface area contributed by atoms with E-state index >= 15 is 0 Å². The standard InChI is InChI=1S/C12H11F3O3/c1-2-3-8-17-11(16)9-4-6-10(7-5-9)18-12(13,14)15/h2-7H,8H2,1H3. The second-order valence-electron chi connectivity index (χ2n) is 3.24. The molecule has 0 aliphatic rings. The molecule has 98 valence electrons. The molecule has 18 heavy (non-hydrogen) atoms. The highest BCUT2D eigenvalue weighted by Gasteiger charge is 2.31. The van der Waals surface area contributed by atoms with E-state index in [-0.39, 0.29) is 17.9 Å². The minimum absolute atomic E-state index is 0.121. The first-order valence-electron chi connectivity index (χ1n) is 5.06. The first-order valence-corrected chi connectivity index (χ1v) is 5.06. The summed E-state index contributed by atoms with van der Waals surface area (Å²) in [7, 11) is 0. The molecule has 0 spiro atoms. The Morgan fingerprint density at radius 2 is 1.89 bits per heavy atom. The Balaban J connectivity index is 2.62. The number of benzene rings is 1. The van der Waals surface area contributed by atoms with Crippen molar-refractivity contribution in [2.24, 2.45) is 0 Å². The van der Waals surface area contributed by atoms with Crippen molar-refractivity contribution in [3.05, 3.63) is 42.0 Å². The highest BCUT2D eigenvalue weighted by Crippen LogP contribution is 2.22. The van der Waals surface area contributed by atoms with E-state index in [4.69, 9.17) is 4.74 Å². The number of allylic oxidation sites excluding steroid dienone is 1. The van der Waals surface area contributed by atoms with Crippen LogP contribution in [0.25, 0.3) is 0 Å². The molecule has 1 aromatic carbocycles. The van der Waals surface area contributed by atoms with Gasteiger partial charge in [0.2, 0.25) is 0 Å². The third-order valence-corrected chi connectivity index (χ3v) is 1.87. The maximum atomic E-state index is 11.9. The van der Waals surface area contributed by atoms with Crippen LogP contribution < -0.4 is 4.74 Å². The Kier molecular flexibility index (Phi) is 4.76. The maximum absolute atomic E-state index is 11.9. The average molecular weight is 260 g/mol. The number of carbonyl (C=O) groups excluding carboxylic acids is 1. The van der Waals surface area contributed by atoms with Crippen LogP contribution in [0.1, 0.15) is 17.3 Å². The Morgan fingerprint density at radius 3 is 2.39 bits per heavy atom. The van der Waals surface area contributed by atoms with Crippen molar-refractivity contribution in [3.63, 3.8) is 0 Å². The van der Waals surface area contributed by atoms with Crippen LogP contribution in [-0.4, -0.2) is 18.9 Å². The zero-order valence-electron chi connectivity index (χ0n) is 9.53. The number of rotatable bonds is 4. The predicted molar refractivity (Wildman–Crippen MR) is 58.2 cm³/mol. The van der Waals surface area contributed by atoms with Crippen LogP contribution in [0.3, 0.4) is 0 Å². The molecule has 0 unspecified atom stereocenters. The minimum Gasteiger partial charge on any atom is -0.458 e. The zero-order valence-corrected chi connectivity index (χ0v) is 9.53. The van der Waals surface area contributed by atoms with Crippen molar-refractivity contribution >= 4 is 5.97 Å². The molecule has 0 fully saturated rings. The predicted octanol–water partition coefficient (Wildman–Crippen LogP) is 3.32. The second kappa shape index (κ2) is 6.09. The number of alkyl halides is 3. The van der Waals surface area contributed by atoms with Gasteiger partial charge in [0.25, 0.3) is 0 Å². The lowest BCUT2D eigenvalue weighted by atomic mass is 10.2. The molecule has 0 aliphatic carbocycles. The van der Waals surface area contributed by atoms with E-state index in [0.717, 1.165) is 12.1 Å². The number of carbonyl (C=O) groups is 1. The molecule has 0 aromatic heterocycles. The van der Waals surface area contributed by atoms with Crippen LogP contribution in [0, 0.1) is 0 Å². The lowest BCUT2D eigenvalue weighted by Gasteiger charge is -2.08. The number of halogens is 3. The molecule has 0 N–H and O–H groups in total. The van der Waals surface area contributed by atoms with Gasteiger partial charge in [-0.1, -0.05) is 12.2 Å². The van der Waals surface area contributed by atoms with Gasteiger partial charge in [-0.25, -0.2) is 4.79 Å². The number of hydrogen-bond acceptors (Lipinski definition) is 3. The van der Waals surface area contributed by atoms with Crippen molar-refractivity contribution in [1.29, 1.82) is 0 Å². The summed E-state index contributed by atoms with van der Waals surface area (Å²) in [5.74, 6) is -0.987. The second-order valence-corrected chi connectivity index (χ2v) is 3.24. The summed E-state index contributed by atoms with van der Waals surface area (Å²) in [5, 5.41) is 0. The third-order valence-electron chi connectivity index (χ3n) is 1.87. The Labute approximate surface area is 102 Å². The van der Waals surface area contributed by atoms with E-state index in [9.17, 15) is 18.0 Å². The molecular formula is C12H11F3O3.